The maximum atomic E-state index is 12.6. The van der Waals surface area contributed by atoms with E-state index in [9.17, 15) is 13.2 Å². The Hall–Kier alpha value is -0.780. The molecule has 0 N–H and O–H groups in total. The Morgan fingerprint density at radius 3 is 2.43 bits per heavy atom. The molecule has 0 aliphatic heterocycles. The number of nitrogens with zero attached hydrogens (tertiary/aromatic N) is 1. The minimum atomic E-state index is -3.16. The third-order valence-corrected chi connectivity index (χ3v) is 5.94. The van der Waals surface area contributed by atoms with Gasteiger partial charge in [0, 0.05) is 18.3 Å². The number of benzene rings is 1. The van der Waals surface area contributed by atoms with Gasteiger partial charge in [0.15, 0.2) is 9.84 Å². The van der Waals surface area contributed by atoms with Crippen LogP contribution < -0.4 is 0 Å². The van der Waals surface area contributed by atoms with E-state index in [0.717, 1.165) is 0 Å². The van der Waals surface area contributed by atoms with Gasteiger partial charge in [-0.05, 0) is 26.0 Å². The lowest BCUT2D eigenvalue weighted by Crippen LogP contribution is -2.42. The van der Waals surface area contributed by atoms with Gasteiger partial charge in [0.25, 0.3) is 5.91 Å². The summed E-state index contributed by atoms with van der Waals surface area (Å²) in [5.74, 6) is -0.328. The standard InChI is InChI=1S/C14H19Cl2NO3S/c1-4-17(10(3)9-21(19,20)5-2)14(18)11-7-6-8-12(15)13(11)16/h6-8,10H,4-5,9H2,1-3H3. The molecule has 0 aliphatic carbocycles. The Bertz CT molecular complexity index is 617. The lowest BCUT2D eigenvalue weighted by molar-refractivity contribution is 0.0719. The van der Waals surface area contributed by atoms with Crippen LogP contribution in [0, 0.1) is 0 Å². The zero-order valence-corrected chi connectivity index (χ0v) is 14.6. The molecule has 1 amide bonds. The lowest BCUT2D eigenvalue weighted by atomic mass is 10.1. The number of sulfone groups is 1. The first-order valence-corrected chi connectivity index (χ1v) is 9.26. The molecule has 21 heavy (non-hydrogen) atoms. The second-order valence-electron chi connectivity index (χ2n) is 4.74. The first-order chi connectivity index (χ1) is 9.73. The fourth-order valence-electron chi connectivity index (χ4n) is 2.05. The molecule has 1 aromatic rings. The van der Waals surface area contributed by atoms with E-state index in [1.54, 1.807) is 39.0 Å². The normalized spacial score (nSPS) is 13.0. The lowest BCUT2D eigenvalue weighted by Gasteiger charge is -2.28. The van der Waals surface area contributed by atoms with Crippen LogP contribution in [0.1, 0.15) is 31.1 Å². The van der Waals surface area contributed by atoms with Crippen molar-refractivity contribution in [2.75, 3.05) is 18.1 Å². The van der Waals surface area contributed by atoms with Gasteiger partial charge >= 0.3 is 0 Å². The van der Waals surface area contributed by atoms with Crippen LogP contribution in [0.3, 0.4) is 0 Å². The fourth-order valence-corrected chi connectivity index (χ4v) is 3.59. The van der Waals surface area contributed by atoms with Crippen molar-refractivity contribution in [2.24, 2.45) is 0 Å². The summed E-state index contributed by atoms with van der Waals surface area (Å²) < 4.78 is 23.5. The molecule has 0 bridgehead atoms. The van der Waals surface area contributed by atoms with Gasteiger partial charge in [-0.25, -0.2) is 8.42 Å². The predicted octanol–water partition coefficient (Wildman–Crippen LogP) is 3.28. The summed E-state index contributed by atoms with van der Waals surface area (Å²) in [5, 5.41) is 0.487. The summed E-state index contributed by atoms with van der Waals surface area (Å²) >= 11 is 12.0. The fraction of sp³-hybridized carbons (Fsp3) is 0.500. The molecule has 0 spiro atoms. The smallest absolute Gasteiger partial charge is 0.255 e. The number of carbonyl (C=O) groups is 1. The zero-order valence-electron chi connectivity index (χ0n) is 12.3. The number of amides is 1. The van der Waals surface area contributed by atoms with Crippen LogP contribution in [0.5, 0.6) is 0 Å². The first kappa shape index (κ1) is 18.3. The third-order valence-electron chi connectivity index (χ3n) is 3.25. The Labute approximate surface area is 136 Å². The molecule has 118 valence electrons. The van der Waals surface area contributed by atoms with E-state index in [0.29, 0.717) is 11.6 Å². The average Bonchev–Trinajstić information content (AvgIpc) is 2.42. The molecule has 0 saturated carbocycles. The second kappa shape index (κ2) is 7.47. The number of hydrogen-bond acceptors (Lipinski definition) is 3. The van der Waals surface area contributed by atoms with Crippen molar-refractivity contribution >= 4 is 38.9 Å². The van der Waals surface area contributed by atoms with E-state index in [-0.39, 0.29) is 28.0 Å². The van der Waals surface area contributed by atoms with Crippen molar-refractivity contribution in [1.29, 1.82) is 0 Å². The van der Waals surface area contributed by atoms with Crippen LogP contribution in [-0.2, 0) is 9.84 Å². The molecule has 1 unspecified atom stereocenters. The Balaban J connectivity index is 3.04. The van der Waals surface area contributed by atoms with Gasteiger partial charge in [-0.1, -0.05) is 36.2 Å². The Kier molecular flexibility index (Phi) is 6.50. The molecular weight excluding hydrogens is 333 g/mol. The molecule has 0 saturated heterocycles. The highest BCUT2D eigenvalue weighted by Crippen LogP contribution is 2.27. The summed E-state index contributed by atoms with van der Waals surface area (Å²) in [6.07, 6.45) is 0. The Morgan fingerprint density at radius 2 is 1.90 bits per heavy atom. The third kappa shape index (κ3) is 4.59. The predicted molar refractivity (Wildman–Crippen MR) is 87.0 cm³/mol. The van der Waals surface area contributed by atoms with Crippen LogP contribution in [-0.4, -0.2) is 43.3 Å². The van der Waals surface area contributed by atoms with E-state index in [4.69, 9.17) is 23.2 Å². The molecule has 0 aromatic heterocycles. The molecule has 4 nitrogen and oxygen atoms in total. The molecule has 7 heteroatoms. The van der Waals surface area contributed by atoms with Crippen LogP contribution >= 0.6 is 23.2 Å². The van der Waals surface area contributed by atoms with E-state index in [2.05, 4.69) is 0 Å². The van der Waals surface area contributed by atoms with Crippen LogP contribution in [0.2, 0.25) is 10.0 Å². The largest absolute Gasteiger partial charge is 0.335 e. The molecule has 1 atom stereocenters. The highest BCUT2D eigenvalue weighted by atomic mass is 35.5. The molecule has 0 aliphatic rings. The summed E-state index contributed by atoms with van der Waals surface area (Å²) in [5.41, 5.74) is 0.284. The number of hydrogen-bond donors (Lipinski definition) is 0. The molecule has 1 rings (SSSR count). The van der Waals surface area contributed by atoms with Crippen molar-refractivity contribution in [3.63, 3.8) is 0 Å². The van der Waals surface area contributed by atoms with Gasteiger partial charge in [-0.3, -0.25) is 4.79 Å². The highest BCUT2D eigenvalue weighted by Gasteiger charge is 2.25. The topological polar surface area (TPSA) is 54.5 Å². The monoisotopic (exact) mass is 351 g/mol. The Morgan fingerprint density at radius 1 is 1.29 bits per heavy atom. The van der Waals surface area contributed by atoms with Crippen molar-refractivity contribution in [2.45, 2.75) is 26.8 Å². The number of halogens is 2. The van der Waals surface area contributed by atoms with Crippen LogP contribution in [0.25, 0.3) is 0 Å². The zero-order chi connectivity index (χ0) is 16.2. The number of carbonyl (C=O) groups excluding carboxylic acids is 1. The molecule has 0 heterocycles. The summed E-state index contributed by atoms with van der Waals surface area (Å²) in [6.45, 7) is 5.49. The molecule has 1 aromatic carbocycles. The van der Waals surface area contributed by atoms with E-state index in [1.807, 2.05) is 0 Å². The minimum absolute atomic E-state index is 0.0566. The minimum Gasteiger partial charge on any atom is -0.335 e. The van der Waals surface area contributed by atoms with Crippen molar-refractivity contribution in [3.05, 3.63) is 33.8 Å². The van der Waals surface area contributed by atoms with Crippen LogP contribution in [0.15, 0.2) is 18.2 Å². The highest BCUT2D eigenvalue weighted by molar-refractivity contribution is 7.91. The van der Waals surface area contributed by atoms with Gasteiger partial charge in [-0.2, -0.15) is 0 Å². The van der Waals surface area contributed by atoms with Crippen molar-refractivity contribution in [3.8, 4) is 0 Å². The maximum Gasteiger partial charge on any atom is 0.255 e. The van der Waals surface area contributed by atoms with Gasteiger partial charge < -0.3 is 4.90 Å². The summed E-state index contributed by atoms with van der Waals surface area (Å²) in [4.78, 5) is 14.0. The van der Waals surface area contributed by atoms with E-state index in [1.165, 1.54) is 4.90 Å². The van der Waals surface area contributed by atoms with E-state index < -0.39 is 15.9 Å². The summed E-state index contributed by atoms with van der Waals surface area (Å²) in [7, 11) is -3.16. The van der Waals surface area contributed by atoms with E-state index >= 15 is 0 Å². The maximum absolute atomic E-state index is 12.6. The van der Waals surface area contributed by atoms with Crippen LogP contribution in [0.4, 0.5) is 0 Å². The van der Waals surface area contributed by atoms with Crippen molar-refractivity contribution < 1.29 is 13.2 Å². The molecule has 0 radical (unpaired) electrons. The molecule has 0 fully saturated rings. The van der Waals surface area contributed by atoms with Gasteiger partial charge in [0.05, 0.1) is 21.4 Å². The van der Waals surface area contributed by atoms with Gasteiger partial charge in [0.1, 0.15) is 0 Å². The quantitative estimate of drug-likeness (QED) is 0.790. The second-order valence-corrected chi connectivity index (χ2v) is 7.92. The SMILES string of the molecule is CCN(C(=O)c1cccc(Cl)c1Cl)C(C)CS(=O)(=O)CC. The number of rotatable bonds is 6. The average molecular weight is 352 g/mol. The summed E-state index contributed by atoms with van der Waals surface area (Å²) in [6, 6.07) is 4.40. The van der Waals surface area contributed by atoms with Crippen molar-refractivity contribution in [1.82, 2.24) is 4.90 Å². The van der Waals surface area contributed by atoms with Gasteiger partial charge in [-0.15, -0.1) is 0 Å². The first-order valence-electron chi connectivity index (χ1n) is 6.68. The van der Waals surface area contributed by atoms with Gasteiger partial charge in [0.2, 0.25) is 0 Å². The molecular formula is C14H19Cl2NO3S.